The second-order valence-corrected chi connectivity index (χ2v) is 8.86. The average Bonchev–Trinajstić information content (AvgIpc) is 3.13. The van der Waals surface area contributed by atoms with E-state index in [1.807, 2.05) is 0 Å². The maximum atomic E-state index is 13.2. The van der Waals surface area contributed by atoms with Gasteiger partial charge in [-0.3, -0.25) is 4.79 Å². The number of rotatable bonds is 5. The molecule has 1 amide bonds. The van der Waals surface area contributed by atoms with Gasteiger partial charge in [0.1, 0.15) is 33.1 Å². The molecule has 2 aromatic heterocycles. The number of nitrogens with one attached hydrogen (secondary N) is 1. The molecule has 3 aromatic rings. The highest BCUT2D eigenvalue weighted by Crippen LogP contribution is 2.34. The molecular weight excluding hydrogens is 395 g/mol. The lowest BCUT2D eigenvalue weighted by Gasteiger charge is -2.29. The Labute approximate surface area is 171 Å². The van der Waals surface area contributed by atoms with E-state index in [0.717, 1.165) is 27.2 Å². The van der Waals surface area contributed by atoms with Crippen LogP contribution in [0, 0.1) is 11.7 Å². The van der Waals surface area contributed by atoms with Crippen LogP contribution in [0.1, 0.15) is 32.6 Å². The van der Waals surface area contributed by atoms with Crippen LogP contribution in [0.25, 0.3) is 21.5 Å². The molecule has 1 aromatic carbocycles. The summed E-state index contributed by atoms with van der Waals surface area (Å²) in [5.41, 5.74) is 2.26. The largest absolute Gasteiger partial charge is 0.352 e. The molecule has 146 valence electrons. The summed E-state index contributed by atoms with van der Waals surface area (Å²) in [4.78, 5) is 21.1. The molecule has 0 aliphatic heterocycles. The van der Waals surface area contributed by atoms with Crippen LogP contribution in [0.5, 0.6) is 0 Å². The van der Waals surface area contributed by atoms with Gasteiger partial charge < -0.3 is 5.32 Å². The summed E-state index contributed by atoms with van der Waals surface area (Å²) in [6, 6.07) is 6.48. The summed E-state index contributed by atoms with van der Waals surface area (Å²) >= 11 is 2.71. The number of carbonyl (C=O) groups excluding carboxylic acids is 1. The van der Waals surface area contributed by atoms with Crippen LogP contribution in [0.2, 0.25) is 0 Å². The number of amides is 1. The molecule has 0 spiro atoms. The Hall–Kier alpha value is -2.06. The maximum Gasteiger partial charge on any atom is 0.230 e. The summed E-state index contributed by atoms with van der Waals surface area (Å²) in [5.74, 6) is 0.610. The Bertz CT molecular complexity index is 976. The van der Waals surface area contributed by atoms with Gasteiger partial charge in [0.05, 0.1) is 5.75 Å². The molecule has 1 saturated carbocycles. The molecule has 1 aliphatic carbocycles. The molecule has 5 nitrogen and oxygen atoms in total. The Kier molecular flexibility index (Phi) is 5.87. The zero-order chi connectivity index (χ0) is 19.5. The average molecular weight is 417 g/mol. The highest BCUT2D eigenvalue weighted by Gasteiger charge is 2.23. The number of thioether (sulfide) groups is 1. The van der Waals surface area contributed by atoms with E-state index < -0.39 is 0 Å². The van der Waals surface area contributed by atoms with Gasteiger partial charge in [-0.2, -0.15) is 4.37 Å². The first kappa shape index (κ1) is 19.3. The second kappa shape index (κ2) is 8.53. The van der Waals surface area contributed by atoms with Gasteiger partial charge in [0.2, 0.25) is 5.91 Å². The Balaban J connectivity index is 1.47. The molecule has 0 radical (unpaired) electrons. The monoisotopic (exact) mass is 416 g/mol. The number of benzene rings is 1. The molecule has 4 rings (SSSR count). The highest BCUT2D eigenvalue weighted by molar-refractivity contribution is 8.00. The molecule has 2 heterocycles. The SMILES string of the molecule is C[C@H]1CCCC[C@H]1NC(=O)CSc1ncnc2c(-c3ccc(F)cc3)nsc12. The Morgan fingerprint density at radius 2 is 2.04 bits per heavy atom. The third-order valence-electron chi connectivity index (χ3n) is 5.14. The van der Waals surface area contributed by atoms with Crippen LogP contribution in [-0.2, 0) is 4.79 Å². The zero-order valence-corrected chi connectivity index (χ0v) is 17.2. The first-order chi connectivity index (χ1) is 13.6. The van der Waals surface area contributed by atoms with E-state index >= 15 is 0 Å². The first-order valence-corrected chi connectivity index (χ1v) is 11.2. The fraction of sp³-hybridized carbons (Fsp3) is 0.400. The van der Waals surface area contributed by atoms with Gasteiger partial charge in [0.25, 0.3) is 0 Å². The first-order valence-electron chi connectivity index (χ1n) is 9.40. The van der Waals surface area contributed by atoms with E-state index in [0.29, 0.717) is 17.4 Å². The van der Waals surface area contributed by atoms with Crippen molar-refractivity contribution >= 4 is 39.4 Å². The summed E-state index contributed by atoms with van der Waals surface area (Å²) in [7, 11) is 0. The molecular formula is C20H21FN4OS2. The zero-order valence-electron chi connectivity index (χ0n) is 15.5. The number of halogens is 1. The fourth-order valence-electron chi connectivity index (χ4n) is 3.56. The van der Waals surface area contributed by atoms with Gasteiger partial charge in [0, 0.05) is 11.6 Å². The third-order valence-corrected chi connectivity index (χ3v) is 7.10. The van der Waals surface area contributed by atoms with Crippen LogP contribution in [0.4, 0.5) is 4.39 Å². The number of hydrogen-bond donors (Lipinski definition) is 1. The van der Waals surface area contributed by atoms with E-state index in [-0.39, 0.29) is 17.8 Å². The molecule has 8 heteroatoms. The van der Waals surface area contributed by atoms with Crippen molar-refractivity contribution < 1.29 is 9.18 Å². The van der Waals surface area contributed by atoms with Gasteiger partial charge in [-0.15, -0.1) is 0 Å². The lowest BCUT2D eigenvalue weighted by atomic mass is 9.86. The number of carbonyl (C=O) groups is 1. The van der Waals surface area contributed by atoms with Gasteiger partial charge in [0.15, 0.2) is 0 Å². The number of hydrogen-bond acceptors (Lipinski definition) is 6. The van der Waals surface area contributed by atoms with Crippen molar-refractivity contribution in [3.8, 4) is 11.3 Å². The topological polar surface area (TPSA) is 67.8 Å². The fourth-order valence-corrected chi connectivity index (χ4v) is 5.29. The molecule has 1 aliphatic rings. The van der Waals surface area contributed by atoms with Crippen molar-refractivity contribution in [3.63, 3.8) is 0 Å². The van der Waals surface area contributed by atoms with Crippen LogP contribution < -0.4 is 5.32 Å². The molecule has 1 N–H and O–H groups in total. The molecule has 2 atom stereocenters. The molecule has 0 unspecified atom stereocenters. The van der Waals surface area contributed by atoms with Crippen molar-refractivity contribution in [2.45, 2.75) is 43.7 Å². The van der Waals surface area contributed by atoms with Crippen LogP contribution in [-0.4, -0.2) is 32.0 Å². The van der Waals surface area contributed by atoms with Crippen LogP contribution >= 0.6 is 23.3 Å². The number of fused-ring (bicyclic) bond motifs is 1. The molecule has 0 saturated heterocycles. The maximum absolute atomic E-state index is 13.2. The number of nitrogens with zero attached hydrogens (tertiary/aromatic N) is 3. The third kappa shape index (κ3) is 4.17. The van der Waals surface area contributed by atoms with Gasteiger partial charge in [-0.25, -0.2) is 14.4 Å². The van der Waals surface area contributed by atoms with Crippen molar-refractivity contribution in [1.82, 2.24) is 19.7 Å². The minimum absolute atomic E-state index is 0.0405. The predicted molar refractivity (Wildman–Crippen MR) is 111 cm³/mol. The molecule has 0 bridgehead atoms. The Morgan fingerprint density at radius 1 is 1.25 bits per heavy atom. The van der Waals surface area contributed by atoms with Gasteiger partial charge in [-0.05, 0) is 54.6 Å². The summed E-state index contributed by atoms with van der Waals surface area (Å²) < 4.78 is 18.5. The second-order valence-electron chi connectivity index (χ2n) is 7.12. The van der Waals surface area contributed by atoms with Crippen molar-refractivity contribution in [2.24, 2.45) is 5.92 Å². The van der Waals surface area contributed by atoms with Crippen molar-refractivity contribution in [3.05, 3.63) is 36.4 Å². The van der Waals surface area contributed by atoms with Crippen molar-refractivity contribution in [1.29, 1.82) is 0 Å². The summed E-state index contributed by atoms with van der Waals surface area (Å²) in [6.07, 6.45) is 6.17. The normalized spacial score (nSPS) is 19.6. The Morgan fingerprint density at radius 3 is 2.82 bits per heavy atom. The standard InChI is InChI=1S/C20H21FN4OS2/c1-12-4-2-3-5-15(12)24-16(26)10-27-20-19-18(22-11-23-20)17(25-28-19)13-6-8-14(21)9-7-13/h6-9,11-12,15H,2-5,10H2,1H3,(H,24,26)/t12-,15+/m0/s1. The lowest BCUT2D eigenvalue weighted by molar-refractivity contribution is -0.119. The highest BCUT2D eigenvalue weighted by atomic mass is 32.2. The smallest absolute Gasteiger partial charge is 0.230 e. The van der Waals surface area contributed by atoms with Crippen LogP contribution in [0.3, 0.4) is 0 Å². The number of aromatic nitrogens is 3. The lowest BCUT2D eigenvalue weighted by Crippen LogP contribution is -2.41. The van der Waals surface area contributed by atoms with Gasteiger partial charge >= 0.3 is 0 Å². The summed E-state index contributed by atoms with van der Waals surface area (Å²) in [6.45, 7) is 2.21. The van der Waals surface area contributed by atoms with Crippen molar-refractivity contribution in [2.75, 3.05) is 5.75 Å². The van der Waals surface area contributed by atoms with Crippen LogP contribution in [0.15, 0.2) is 35.6 Å². The molecule has 1 fully saturated rings. The van der Waals surface area contributed by atoms with E-state index in [1.165, 1.54) is 61.0 Å². The quantitative estimate of drug-likeness (QED) is 0.483. The predicted octanol–water partition coefficient (Wildman–Crippen LogP) is 4.68. The van der Waals surface area contributed by atoms with E-state index in [9.17, 15) is 9.18 Å². The summed E-state index contributed by atoms with van der Waals surface area (Å²) in [5, 5.41) is 3.92. The minimum Gasteiger partial charge on any atom is -0.352 e. The minimum atomic E-state index is -0.285. The van der Waals surface area contributed by atoms with E-state index in [1.54, 1.807) is 12.1 Å². The molecule has 28 heavy (non-hydrogen) atoms. The van der Waals surface area contributed by atoms with E-state index in [4.69, 9.17) is 0 Å². The van der Waals surface area contributed by atoms with E-state index in [2.05, 4.69) is 26.6 Å². The van der Waals surface area contributed by atoms with Gasteiger partial charge in [-0.1, -0.05) is 31.5 Å².